The van der Waals surface area contributed by atoms with Gasteiger partial charge in [0.1, 0.15) is 0 Å². The molecule has 4 unspecified atom stereocenters. The summed E-state index contributed by atoms with van der Waals surface area (Å²) in [5.74, 6) is 7.88. The number of hydrazine groups is 1. The fraction of sp³-hybridized carbons (Fsp3) is 1.00. The number of rotatable bonds is 3. The van der Waals surface area contributed by atoms with E-state index in [2.05, 4.69) is 12.3 Å². The zero-order valence-corrected chi connectivity index (χ0v) is 7.62. The molecule has 0 aromatic heterocycles. The second-order valence-electron chi connectivity index (χ2n) is 4.19. The molecule has 4 atom stereocenters. The minimum absolute atomic E-state index is 0.502. The molecule has 3 N–H and O–H groups in total. The van der Waals surface area contributed by atoms with Gasteiger partial charge in [-0.2, -0.15) is 0 Å². The quantitative estimate of drug-likeness (QED) is 0.479. The largest absolute Gasteiger partial charge is 0.381 e. The molecule has 0 aromatic rings. The lowest BCUT2D eigenvalue weighted by Gasteiger charge is -2.21. The summed E-state index contributed by atoms with van der Waals surface area (Å²) >= 11 is 0. The van der Waals surface area contributed by atoms with Crippen LogP contribution in [0.2, 0.25) is 0 Å². The Hall–Kier alpha value is -0.120. The molecular formula is C9H18N2O. The van der Waals surface area contributed by atoms with Gasteiger partial charge in [0.05, 0.1) is 6.61 Å². The Bertz CT molecular complexity index is 157. The molecule has 2 aliphatic rings. The van der Waals surface area contributed by atoms with E-state index in [4.69, 9.17) is 10.6 Å². The Labute approximate surface area is 73.6 Å². The van der Waals surface area contributed by atoms with Crippen LogP contribution in [0, 0.1) is 17.8 Å². The van der Waals surface area contributed by atoms with Gasteiger partial charge in [0.25, 0.3) is 0 Å². The number of nitrogens with one attached hydrogen (secondary N) is 1. The topological polar surface area (TPSA) is 47.3 Å². The lowest BCUT2D eigenvalue weighted by molar-refractivity contribution is 0.172. The first-order valence-corrected chi connectivity index (χ1v) is 4.87. The molecule has 2 rings (SSSR count). The van der Waals surface area contributed by atoms with Crippen LogP contribution in [0.25, 0.3) is 0 Å². The third kappa shape index (κ3) is 1.49. The zero-order chi connectivity index (χ0) is 8.55. The summed E-state index contributed by atoms with van der Waals surface area (Å²) in [6.07, 6.45) is 2.52. The first-order valence-electron chi connectivity index (χ1n) is 4.87. The van der Waals surface area contributed by atoms with E-state index in [-0.39, 0.29) is 0 Å². The van der Waals surface area contributed by atoms with Gasteiger partial charge >= 0.3 is 0 Å². The fourth-order valence-corrected chi connectivity index (χ4v) is 2.30. The van der Waals surface area contributed by atoms with Crippen molar-refractivity contribution in [1.29, 1.82) is 0 Å². The minimum atomic E-state index is 0.502. The molecule has 3 heteroatoms. The van der Waals surface area contributed by atoms with Crippen LogP contribution in [-0.2, 0) is 4.74 Å². The average Bonchev–Trinajstić information content (AvgIpc) is 2.60. The van der Waals surface area contributed by atoms with Gasteiger partial charge in [-0.1, -0.05) is 6.92 Å². The second kappa shape index (κ2) is 3.32. The van der Waals surface area contributed by atoms with Crippen molar-refractivity contribution in [2.24, 2.45) is 23.6 Å². The monoisotopic (exact) mass is 170 g/mol. The van der Waals surface area contributed by atoms with E-state index in [0.29, 0.717) is 12.0 Å². The standard InChI is InChI=1S/C9H18N2O/c1-6-4-8(6)9(11-10)7-2-3-12-5-7/h6-9,11H,2-5,10H2,1H3. The van der Waals surface area contributed by atoms with Crippen molar-refractivity contribution in [3.05, 3.63) is 0 Å². The molecule has 0 aromatic carbocycles. The van der Waals surface area contributed by atoms with Crippen LogP contribution in [-0.4, -0.2) is 19.3 Å². The molecule has 70 valence electrons. The Kier molecular flexibility index (Phi) is 2.35. The van der Waals surface area contributed by atoms with Crippen LogP contribution in [0.3, 0.4) is 0 Å². The van der Waals surface area contributed by atoms with Gasteiger partial charge in [-0.25, -0.2) is 0 Å². The van der Waals surface area contributed by atoms with Gasteiger partial charge in [0.15, 0.2) is 0 Å². The maximum absolute atomic E-state index is 5.55. The summed E-state index contributed by atoms with van der Waals surface area (Å²) < 4.78 is 5.36. The van der Waals surface area contributed by atoms with E-state index in [1.54, 1.807) is 0 Å². The van der Waals surface area contributed by atoms with Crippen molar-refractivity contribution in [3.63, 3.8) is 0 Å². The fourth-order valence-electron chi connectivity index (χ4n) is 2.30. The smallest absolute Gasteiger partial charge is 0.0510 e. The Balaban J connectivity index is 1.89. The van der Waals surface area contributed by atoms with Crippen LogP contribution < -0.4 is 11.3 Å². The summed E-state index contributed by atoms with van der Waals surface area (Å²) in [7, 11) is 0. The zero-order valence-electron chi connectivity index (χ0n) is 7.62. The summed E-state index contributed by atoms with van der Waals surface area (Å²) in [6.45, 7) is 4.12. The van der Waals surface area contributed by atoms with Crippen LogP contribution in [0.5, 0.6) is 0 Å². The first-order chi connectivity index (χ1) is 5.83. The highest BCUT2D eigenvalue weighted by Gasteiger charge is 2.43. The average molecular weight is 170 g/mol. The van der Waals surface area contributed by atoms with Gasteiger partial charge < -0.3 is 4.74 Å². The van der Waals surface area contributed by atoms with Crippen LogP contribution in [0.15, 0.2) is 0 Å². The predicted molar refractivity (Wildman–Crippen MR) is 47.3 cm³/mol. The Morgan fingerprint density at radius 3 is 2.75 bits per heavy atom. The molecule has 1 heterocycles. The maximum atomic E-state index is 5.55. The number of ether oxygens (including phenoxy) is 1. The van der Waals surface area contributed by atoms with E-state index in [1.807, 2.05) is 0 Å². The molecule has 0 amide bonds. The summed E-state index contributed by atoms with van der Waals surface area (Å²) in [6, 6.07) is 0.502. The first kappa shape index (κ1) is 8.48. The molecule has 0 spiro atoms. The van der Waals surface area contributed by atoms with Crippen molar-refractivity contribution in [2.75, 3.05) is 13.2 Å². The van der Waals surface area contributed by atoms with Crippen molar-refractivity contribution >= 4 is 0 Å². The van der Waals surface area contributed by atoms with Crippen molar-refractivity contribution in [3.8, 4) is 0 Å². The Morgan fingerprint density at radius 1 is 1.58 bits per heavy atom. The molecule has 0 radical (unpaired) electrons. The summed E-state index contributed by atoms with van der Waals surface area (Å²) in [5, 5.41) is 0. The third-order valence-electron chi connectivity index (χ3n) is 3.30. The van der Waals surface area contributed by atoms with Gasteiger partial charge in [-0.05, 0) is 24.7 Å². The van der Waals surface area contributed by atoms with E-state index >= 15 is 0 Å². The van der Waals surface area contributed by atoms with E-state index in [1.165, 1.54) is 12.8 Å². The van der Waals surface area contributed by atoms with Crippen LogP contribution in [0.1, 0.15) is 19.8 Å². The molecule has 1 aliphatic carbocycles. The van der Waals surface area contributed by atoms with Crippen LogP contribution >= 0.6 is 0 Å². The van der Waals surface area contributed by atoms with Crippen molar-refractivity contribution < 1.29 is 4.74 Å². The normalized spacial score (nSPS) is 43.0. The third-order valence-corrected chi connectivity index (χ3v) is 3.30. The lowest BCUT2D eigenvalue weighted by atomic mass is 9.95. The molecule has 1 saturated carbocycles. The molecule has 12 heavy (non-hydrogen) atoms. The van der Waals surface area contributed by atoms with Gasteiger partial charge in [0, 0.05) is 18.6 Å². The Morgan fingerprint density at radius 2 is 2.33 bits per heavy atom. The molecule has 0 bridgehead atoms. The number of hydrogen-bond donors (Lipinski definition) is 2. The molecule has 3 nitrogen and oxygen atoms in total. The van der Waals surface area contributed by atoms with Crippen molar-refractivity contribution in [1.82, 2.24) is 5.43 Å². The molecular weight excluding hydrogens is 152 g/mol. The van der Waals surface area contributed by atoms with Gasteiger partial charge in [0.2, 0.25) is 0 Å². The highest BCUT2D eigenvalue weighted by molar-refractivity contribution is 4.95. The van der Waals surface area contributed by atoms with E-state index < -0.39 is 0 Å². The molecule has 1 saturated heterocycles. The second-order valence-corrected chi connectivity index (χ2v) is 4.19. The lowest BCUT2D eigenvalue weighted by Crippen LogP contribution is -2.43. The predicted octanol–water partition coefficient (Wildman–Crippen LogP) is 0.511. The minimum Gasteiger partial charge on any atom is -0.381 e. The summed E-state index contributed by atoms with van der Waals surface area (Å²) in [5.41, 5.74) is 2.96. The highest BCUT2D eigenvalue weighted by atomic mass is 16.5. The maximum Gasteiger partial charge on any atom is 0.0510 e. The number of nitrogens with two attached hydrogens (primary N) is 1. The van der Waals surface area contributed by atoms with Gasteiger partial charge in [-0.3, -0.25) is 11.3 Å². The van der Waals surface area contributed by atoms with Crippen LogP contribution in [0.4, 0.5) is 0 Å². The number of hydrogen-bond acceptors (Lipinski definition) is 3. The van der Waals surface area contributed by atoms with Gasteiger partial charge in [-0.15, -0.1) is 0 Å². The van der Waals surface area contributed by atoms with E-state index in [0.717, 1.165) is 25.0 Å². The van der Waals surface area contributed by atoms with E-state index in [9.17, 15) is 0 Å². The highest BCUT2D eigenvalue weighted by Crippen LogP contribution is 2.43. The molecule has 2 fully saturated rings. The molecule has 1 aliphatic heterocycles. The van der Waals surface area contributed by atoms with Crippen molar-refractivity contribution in [2.45, 2.75) is 25.8 Å². The summed E-state index contributed by atoms with van der Waals surface area (Å²) in [4.78, 5) is 0. The SMILES string of the molecule is CC1CC1C(NN)C1CCOC1.